The van der Waals surface area contributed by atoms with Crippen molar-refractivity contribution in [3.8, 4) is 17.2 Å². The second-order valence-electron chi connectivity index (χ2n) is 13.9. The number of nitrogens with one attached hydrogen (secondary N) is 1. The van der Waals surface area contributed by atoms with Crippen LogP contribution in [0.2, 0.25) is 10.0 Å². The van der Waals surface area contributed by atoms with Crippen LogP contribution in [-0.2, 0) is 24.6 Å². The van der Waals surface area contributed by atoms with Crippen molar-refractivity contribution in [2.24, 2.45) is 23.7 Å². The number of nitrogens with zero attached hydrogens (tertiary/aromatic N) is 2. The fraction of sp³-hybridized carbons (Fsp3) is 0.238. The van der Waals surface area contributed by atoms with Gasteiger partial charge in [-0.05, 0) is 78.4 Å². The minimum atomic E-state index is -1.58. The molecular formula is C42H35Cl2N3O7. The summed E-state index contributed by atoms with van der Waals surface area (Å²) >= 11 is 12.7. The number of carbonyl (C=O) groups excluding carboxylic acids is 4. The molecule has 0 spiro atoms. The number of benzene rings is 4. The van der Waals surface area contributed by atoms with Crippen LogP contribution in [0.4, 0.5) is 11.4 Å². The number of allylic oxidation sites excluding steroid dienone is 2. The van der Waals surface area contributed by atoms with Crippen molar-refractivity contribution in [1.29, 1.82) is 0 Å². The van der Waals surface area contributed by atoms with Crippen molar-refractivity contribution >= 4 is 64.3 Å². The van der Waals surface area contributed by atoms with Gasteiger partial charge < -0.3 is 14.6 Å². The Morgan fingerprint density at radius 2 is 1.61 bits per heavy atom. The van der Waals surface area contributed by atoms with E-state index in [1.165, 1.54) is 37.3 Å². The topological polar surface area (TPSA) is 125 Å². The molecule has 2 heterocycles. The lowest BCUT2D eigenvalue weighted by Crippen LogP contribution is -2.53. The lowest BCUT2D eigenvalue weighted by Gasteiger charge is -2.50. The minimum Gasteiger partial charge on any atom is -0.508 e. The Hall–Kier alpha value is -5.58. The number of imide groups is 2. The third-order valence-corrected chi connectivity index (χ3v) is 12.0. The van der Waals surface area contributed by atoms with Gasteiger partial charge in [0.05, 0.1) is 53.8 Å². The highest BCUT2D eigenvalue weighted by atomic mass is 35.5. The van der Waals surface area contributed by atoms with E-state index in [9.17, 15) is 19.5 Å². The third kappa shape index (κ3) is 5.22. The smallest absolute Gasteiger partial charge is 0.260 e. The minimum absolute atomic E-state index is 0.0557. The second kappa shape index (κ2) is 13.4. The van der Waals surface area contributed by atoms with Crippen LogP contribution in [0.1, 0.15) is 35.4 Å². The van der Waals surface area contributed by atoms with Crippen LogP contribution in [0.25, 0.3) is 6.08 Å². The van der Waals surface area contributed by atoms with Crippen molar-refractivity contribution in [3.63, 3.8) is 0 Å². The quantitative estimate of drug-likeness (QED) is 0.139. The first-order valence-corrected chi connectivity index (χ1v) is 18.2. The molecule has 0 unspecified atom stereocenters. The number of ether oxygens (including phenoxy) is 2. The van der Waals surface area contributed by atoms with Crippen molar-refractivity contribution in [2.75, 3.05) is 24.5 Å². The van der Waals surface area contributed by atoms with Gasteiger partial charge in [-0.25, -0.2) is 0 Å². The number of methoxy groups -OCH3 is 2. The van der Waals surface area contributed by atoms with Crippen LogP contribution in [0.3, 0.4) is 0 Å². The van der Waals surface area contributed by atoms with Gasteiger partial charge in [-0.1, -0.05) is 77.8 Å². The normalized spacial score (nSPS) is 25.9. The van der Waals surface area contributed by atoms with Crippen molar-refractivity contribution < 1.29 is 33.8 Å². The molecule has 2 aliphatic carbocycles. The molecule has 0 aromatic heterocycles. The standard InChI is InChI=1S/C42H35Cl2N3O7/c1-4-22-5-10-25(11-6-22)46-38(49)30-17-16-28-31(36(30)40(46)51)21-32-39(50)47(45-34-18-9-24(43)19-33(34)44)41(52)42(32,23-7-13-27(53-2)14-8-23)37(28)29-15-12-26(48)20-35(29)54-3/h4-16,18-20,30-32,36-37,45,48H,1,17,21H2,2-3H3/t30-,31+,32-,36-,37+,42+/m0/s1. The largest absolute Gasteiger partial charge is 0.508 e. The Labute approximate surface area is 321 Å². The Morgan fingerprint density at radius 3 is 2.28 bits per heavy atom. The zero-order chi connectivity index (χ0) is 38.1. The van der Waals surface area contributed by atoms with Gasteiger partial charge in [0, 0.05) is 22.6 Å². The number of halogens is 2. The van der Waals surface area contributed by atoms with Crippen molar-refractivity contribution in [1.82, 2.24) is 5.01 Å². The molecule has 4 aromatic rings. The highest BCUT2D eigenvalue weighted by Crippen LogP contribution is 2.65. The summed E-state index contributed by atoms with van der Waals surface area (Å²) in [5.74, 6) is -4.94. The Morgan fingerprint density at radius 1 is 0.870 bits per heavy atom. The lowest BCUT2D eigenvalue weighted by molar-refractivity contribution is -0.138. The zero-order valence-corrected chi connectivity index (χ0v) is 30.8. The van der Waals surface area contributed by atoms with Crippen LogP contribution in [0, 0.1) is 23.7 Å². The van der Waals surface area contributed by atoms with Crippen LogP contribution in [-0.4, -0.2) is 48.0 Å². The number of fused-ring (bicyclic) bond motifs is 4. The van der Waals surface area contributed by atoms with E-state index in [0.717, 1.165) is 16.1 Å². The summed E-state index contributed by atoms with van der Waals surface area (Å²) < 4.78 is 11.3. The summed E-state index contributed by atoms with van der Waals surface area (Å²) in [4.78, 5) is 60.4. The summed E-state index contributed by atoms with van der Waals surface area (Å²) in [6.07, 6.45) is 3.98. The van der Waals surface area contributed by atoms with E-state index in [0.29, 0.717) is 33.3 Å². The van der Waals surface area contributed by atoms with E-state index in [1.54, 1.807) is 72.8 Å². The molecule has 6 atom stereocenters. The molecule has 274 valence electrons. The van der Waals surface area contributed by atoms with Crippen LogP contribution >= 0.6 is 23.2 Å². The molecule has 2 N–H and O–H groups in total. The molecule has 4 aromatic carbocycles. The molecule has 2 aliphatic heterocycles. The Bertz CT molecular complexity index is 2270. The summed E-state index contributed by atoms with van der Waals surface area (Å²) in [7, 11) is 3.01. The van der Waals surface area contributed by atoms with Gasteiger partial charge >= 0.3 is 0 Å². The number of aromatic hydroxyl groups is 1. The molecule has 12 heteroatoms. The number of hydrazine groups is 1. The molecular weight excluding hydrogens is 729 g/mol. The van der Waals surface area contributed by atoms with Gasteiger partial charge in [-0.2, -0.15) is 5.01 Å². The van der Waals surface area contributed by atoms with Gasteiger partial charge in [0.25, 0.3) is 11.8 Å². The first kappa shape index (κ1) is 35.4. The number of hydrogen-bond acceptors (Lipinski definition) is 8. The number of phenols is 1. The van der Waals surface area contributed by atoms with Crippen LogP contribution in [0.5, 0.6) is 17.2 Å². The monoisotopic (exact) mass is 763 g/mol. The first-order valence-electron chi connectivity index (χ1n) is 17.4. The first-order chi connectivity index (χ1) is 26.0. The number of phenolic OH excluding ortho intramolecular Hbond substituents is 1. The maximum absolute atomic E-state index is 15.5. The van der Waals surface area contributed by atoms with E-state index >= 15 is 4.79 Å². The number of hydrogen-bond donors (Lipinski definition) is 2. The maximum atomic E-state index is 15.5. The number of carbonyl (C=O) groups is 4. The Kier molecular flexibility index (Phi) is 8.78. The molecule has 0 radical (unpaired) electrons. The molecule has 10 nitrogen and oxygen atoms in total. The number of amides is 4. The molecule has 54 heavy (non-hydrogen) atoms. The average molecular weight is 765 g/mol. The summed E-state index contributed by atoms with van der Waals surface area (Å²) in [6.45, 7) is 3.80. The second-order valence-corrected chi connectivity index (χ2v) is 14.8. The van der Waals surface area contributed by atoms with Crippen LogP contribution < -0.4 is 19.8 Å². The van der Waals surface area contributed by atoms with Crippen molar-refractivity contribution in [2.45, 2.75) is 24.2 Å². The van der Waals surface area contributed by atoms with Gasteiger partial charge in [0.15, 0.2) is 0 Å². The van der Waals surface area contributed by atoms with Gasteiger partial charge in [0.1, 0.15) is 17.2 Å². The summed E-state index contributed by atoms with van der Waals surface area (Å²) in [6, 6.07) is 23.4. The summed E-state index contributed by atoms with van der Waals surface area (Å²) in [5.41, 5.74) is 4.81. The zero-order valence-electron chi connectivity index (χ0n) is 29.3. The van der Waals surface area contributed by atoms with E-state index in [4.69, 9.17) is 32.7 Å². The Balaban J connectivity index is 1.34. The SMILES string of the molecule is C=Cc1ccc(N2C(=O)[C@H]3[C@H](CC=C4[C@H]3C[C@H]3C(=O)N(Nc5ccc(Cl)cc5Cl)C(=O)[C@@]3(c3ccc(OC)cc3)[C@H]4c3ccc(O)cc3OC)C2=O)cc1. The fourth-order valence-corrected chi connectivity index (χ4v) is 9.59. The maximum Gasteiger partial charge on any atom is 0.260 e. The van der Waals surface area contributed by atoms with Crippen LogP contribution in [0.15, 0.2) is 103 Å². The number of rotatable bonds is 8. The van der Waals surface area contributed by atoms with Gasteiger partial charge in [0.2, 0.25) is 11.8 Å². The average Bonchev–Trinajstić information content (AvgIpc) is 3.56. The number of anilines is 2. The van der Waals surface area contributed by atoms with E-state index in [-0.39, 0.29) is 41.1 Å². The predicted octanol–water partition coefficient (Wildman–Crippen LogP) is 7.55. The predicted molar refractivity (Wildman–Crippen MR) is 204 cm³/mol. The van der Waals surface area contributed by atoms with E-state index < -0.39 is 46.8 Å². The van der Waals surface area contributed by atoms with E-state index in [2.05, 4.69) is 12.0 Å². The van der Waals surface area contributed by atoms with E-state index in [1.807, 2.05) is 6.08 Å². The summed E-state index contributed by atoms with van der Waals surface area (Å²) in [5, 5.41) is 12.1. The molecule has 4 aliphatic rings. The molecule has 3 fully saturated rings. The van der Waals surface area contributed by atoms with Crippen molar-refractivity contribution in [3.05, 3.63) is 130 Å². The lowest BCUT2D eigenvalue weighted by atomic mass is 9.49. The highest BCUT2D eigenvalue weighted by molar-refractivity contribution is 6.36. The molecule has 8 rings (SSSR count). The molecule has 1 saturated carbocycles. The molecule has 2 saturated heterocycles. The van der Waals surface area contributed by atoms with Gasteiger partial charge in [-0.15, -0.1) is 0 Å². The molecule has 4 amide bonds. The fourth-order valence-electron chi connectivity index (χ4n) is 9.14. The van der Waals surface area contributed by atoms with Gasteiger partial charge in [-0.3, -0.25) is 29.5 Å². The third-order valence-electron chi connectivity index (χ3n) is 11.5. The molecule has 0 bridgehead atoms. The highest BCUT2D eigenvalue weighted by Gasteiger charge is 2.70.